The maximum absolute atomic E-state index is 12.2. The highest BCUT2D eigenvalue weighted by atomic mass is 35.5. The molecule has 1 amide bonds. The molecule has 0 bridgehead atoms. The molecule has 1 heterocycles. The SMILES string of the molecule is Cc1ccc(NC(=O)Cc2cc(Cl)c3c(c2)OCCCO3)c(O)c1. The van der Waals surface area contributed by atoms with Gasteiger partial charge in [-0.25, -0.2) is 0 Å². The summed E-state index contributed by atoms with van der Waals surface area (Å²) in [6, 6.07) is 8.55. The average molecular weight is 348 g/mol. The van der Waals surface area contributed by atoms with Gasteiger partial charge in [0.05, 0.1) is 30.3 Å². The molecular weight excluding hydrogens is 330 g/mol. The Balaban J connectivity index is 1.74. The van der Waals surface area contributed by atoms with Crippen molar-refractivity contribution in [3.63, 3.8) is 0 Å². The number of amides is 1. The van der Waals surface area contributed by atoms with Crippen LogP contribution < -0.4 is 14.8 Å². The van der Waals surface area contributed by atoms with Crippen LogP contribution in [0.15, 0.2) is 30.3 Å². The molecule has 0 radical (unpaired) electrons. The Kier molecular flexibility index (Phi) is 4.81. The van der Waals surface area contributed by atoms with Crippen LogP contribution in [-0.4, -0.2) is 24.2 Å². The molecule has 24 heavy (non-hydrogen) atoms. The third-order valence-electron chi connectivity index (χ3n) is 3.65. The Labute approximate surface area is 145 Å². The fourth-order valence-electron chi connectivity index (χ4n) is 2.51. The zero-order valence-electron chi connectivity index (χ0n) is 13.3. The van der Waals surface area contributed by atoms with Crippen LogP contribution in [0, 0.1) is 6.92 Å². The number of benzene rings is 2. The molecule has 0 aliphatic carbocycles. The van der Waals surface area contributed by atoms with Gasteiger partial charge < -0.3 is 19.9 Å². The molecule has 2 aromatic rings. The third-order valence-corrected chi connectivity index (χ3v) is 3.93. The van der Waals surface area contributed by atoms with E-state index in [1.165, 1.54) is 0 Å². The summed E-state index contributed by atoms with van der Waals surface area (Å²) in [4.78, 5) is 12.2. The number of halogens is 1. The maximum Gasteiger partial charge on any atom is 0.228 e. The van der Waals surface area contributed by atoms with Crippen molar-refractivity contribution in [2.75, 3.05) is 18.5 Å². The highest BCUT2D eigenvalue weighted by molar-refractivity contribution is 6.32. The van der Waals surface area contributed by atoms with Crippen LogP contribution in [0.3, 0.4) is 0 Å². The topological polar surface area (TPSA) is 67.8 Å². The van der Waals surface area contributed by atoms with Crippen molar-refractivity contribution in [2.45, 2.75) is 19.8 Å². The van der Waals surface area contributed by atoms with E-state index in [4.69, 9.17) is 21.1 Å². The van der Waals surface area contributed by atoms with E-state index in [1.54, 1.807) is 24.3 Å². The molecule has 0 atom stereocenters. The largest absolute Gasteiger partial charge is 0.506 e. The number of aryl methyl sites for hydroxylation is 1. The number of nitrogens with one attached hydrogen (secondary N) is 1. The van der Waals surface area contributed by atoms with Gasteiger partial charge >= 0.3 is 0 Å². The van der Waals surface area contributed by atoms with Crippen molar-refractivity contribution >= 4 is 23.2 Å². The fraction of sp³-hybridized carbons (Fsp3) is 0.278. The summed E-state index contributed by atoms with van der Waals surface area (Å²) >= 11 is 6.23. The Morgan fingerprint density at radius 1 is 1.25 bits per heavy atom. The summed E-state index contributed by atoms with van der Waals surface area (Å²) in [5, 5.41) is 13.0. The molecule has 5 nitrogen and oxygen atoms in total. The number of fused-ring (bicyclic) bond motifs is 1. The first-order valence-corrected chi connectivity index (χ1v) is 8.08. The van der Waals surface area contributed by atoms with Crippen molar-refractivity contribution < 1.29 is 19.4 Å². The number of hydrogen-bond acceptors (Lipinski definition) is 4. The van der Waals surface area contributed by atoms with E-state index >= 15 is 0 Å². The number of phenolic OH excluding ortho intramolecular Hbond substituents is 1. The number of hydrogen-bond donors (Lipinski definition) is 2. The third kappa shape index (κ3) is 3.74. The molecule has 2 N–H and O–H groups in total. The van der Waals surface area contributed by atoms with Crippen LogP contribution in [0.5, 0.6) is 17.2 Å². The maximum atomic E-state index is 12.2. The van der Waals surface area contributed by atoms with Gasteiger partial charge in [0.25, 0.3) is 0 Å². The fourth-order valence-corrected chi connectivity index (χ4v) is 2.80. The zero-order chi connectivity index (χ0) is 17.1. The summed E-state index contributed by atoms with van der Waals surface area (Å²) in [6.07, 6.45) is 0.900. The van der Waals surface area contributed by atoms with E-state index in [0.717, 1.165) is 12.0 Å². The predicted octanol–water partition coefficient (Wildman–Crippen LogP) is 3.70. The molecule has 6 heteroatoms. The first-order chi connectivity index (χ1) is 11.5. The van der Waals surface area contributed by atoms with Crippen LogP contribution in [0.2, 0.25) is 5.02 Å². The quantitative estimate of drug-likeness (QED) is 0.831. The molecule has 2 aromatic carbocycles. The van der Waals surface area contributed by atoms with E-state index in [2.05, 4.69) is 5.32 Å². The Morgan fingerprint density at radius 2 is 2.04 bits per heavy atom. The number of phenols is 1. The molecule has 0 saturated carbocycles. The molecule has 3 rings (SSSR count). The Morgan fingerprint density at radius 3 is 2.83 bits per heavy atom. The minimum atomic E-state index is -0.250. The normalized spacial score (nSPS) is 13.2. The molecule has 0 saturated heterocycles. The molecular formula is C18H18ClNO4. The number of ether oxygens (including phenoxy) is 2. The van der Waals surface area contributed by atoms with Crippen LogP contribution in [0.1, 0.15) is 17.5 Å². The number of carbonyl (C=O) groups is 1. The lowest BCUT2D eigenvalue weighted by Crippen LogP contribution is -2.14. The van der Waals surface area contributed by atoms with Gasteiger partial charge in [0.15, 0.2) is 11.5 Å². The lowest BCUT2D eigenvalue weighted by atomic mass is 10.1. The Bertz CT molecular complexity index is 776. The van der Waals surface area contributed by atoms with Gasteiger partial charge in [0, 0.05) is 6.42 Å². The smallest absolute Gasteiger partial charge is 0.228 e. The second kappa shape index (κ2) is 7.01. The zero-order valence-corrected chi connectivity index (χ0v) is 14.0. The summed E-state index contributed by atoms with van der Waals surface area (Å²) in [5.41, 5.74) is 2.01. The van der Waals surface area contributed by atoms with Crippen LogP contribution in [-0.2, 0) is 11.2 Å². The summed E-state index contributed by atoms with van der Waals surface area (Å²) in [6.45, 7) is 2.97. The van der Waals surface area contributed by atoms with Crippen LogP contribution >= 0.6 is 11.6 Å². The first kappa shape index (κ1) is 16.5. The minimum absolute atomic E-state index is 0.0417. The molecule has 126 valence electrons. The molecule has 0 spiro atoms. The number of anilines is 1. The minimum Gasteiger partial charge on any atom is -0.506 e. The van der Waals surface area contributed by atoms with E-state index in [-0.39, 0.29) is 18.1 Å². The average Bonchev–Trinajstić information content (AvgIpc) is 2.76. The van der Waals surface area contributed by atoms with Crippen molar-refractivity contribution in [2.24, 2.45) is 0 Å². The van der Waals surface area contributed by atoms with Gasteiger partial charge in [-0.3, -0.25) is 4.79 Å². The lowest BCUT2D eigenvalue weighted by Gasteiger charge is -2.12. The summed E-state index contributed by atoms with van der Waals surface area (Å²) in [5.74, 6) is 0.871. The second-order valence-corrected chi connectivity index (χ2v) is 6.11. The monoisotopic (exact) mass is 347 g/mol. The van der Waals surface area contributed by atoms with E-state index < -0.39 is 0 Å². The van der Waals surface area contributed by atoms with Gasteiger partial charge in [0.1, 0.15) is 5.75 Å². The molecule has 0 aromatic heterocycles. The predicted molar refractivity (Wildman–Crippen MR) is 92.2 cm³/mol. The van der Waals surface area contributed by atoms with Gasteiger partial charge in [-0.1, -0.05) is 17.7 Å². The van der Waals surface area contributed by atoms with E-state index in [9.17, 15) is 9.90 Å². The van der Waals surface area contributed by atoms with Gasteiger partial charge in [-0.15, -0.1) is 0 Å². The van der Waals surface area contributed by atoms with Gasteiger partial charge in [-0.05, 0) is 42.3 Å². The van der Waals surface area contributed by atoms with Gasteiger partial charge in [-0.2, -0.15) is 0 Å². The van der Waals surface area contributed by atoms with Crippen LogP contribution in [0.25, 0.3) is 0 Å². The number of aromatic hydroxyl groups is 1. The van der Waals surface area contributed by atoms with Gasteiger partial charge in [0.2, 0.25) is 5.91 Å². The van der Waals surface area contributed by atoms with Crippen molar-refractivity contribution in [3.05, 3.63) is 46.5 Å². The molecule has 0 fully saturated rings. The molecule has 0 unspecified atom stereocenters. The highest BCUT2D eigenvalue weighted by Gasteiger charge is 2.17. The van der Waals surface area contributed by atoms with Crippen molar-refractivity contribution in [1.82, 2.24) is 0 Å². The van der Waals surface area contributed by atoms with Crippen molar-refractivity contribution in [3.8, 4) is 17.2 Å². The number of rotatable bonds is 3. The standard InChI is InChI=1S/C18H18ClNO4/c1-11-3-4-14(15(21)7-11)20-17(22)10-12-8-13(19)18-16(9-12)23-5-2-6-24-18/h3-4,7-9,21H,2,5-6,10H2,1H3,(H,20,22). The van der Waals surface area contributed by atoms with Crippen LogP contribution in [0.4, 0.5) is 5.69 Å². The Hall–Kier alpha value is -2.40. The lowest BCUT2D eigenvalue weighted by molar-refractivity contribution is -0.115. The summed E-state index contributed by atoms with van der Waals surface area (Å²) in [7, 11) is 0. The number of carbonyl (C=O) groups excluding carboxylic acids is 1. The second-order valence-electron chi connectivity index (χ2n) is 5.70. The molecule has 1 aliphatic heterocycles. The molecule has 1 aliphatic rings. The van der Waals surface area contributed by atoms with E-state index in [0.29, 0.717) is 41.0 Å². The first-order valence-electron chi connectivity index (χ1n) is 7.70. The van der Waals surface area contributed by atoms with E-state index in [1.807, 2.05) is 13.0 Å². The summed E-state index contributed by atoms with van der Waals surface area (Å²) < 4.78 is 11.2. The van der Waals surface area contributed by atoms with Crippen molar-refractivity contribution in [1.29, 1.82) is 0 Å². The highest BCUT2D eigenvalue weighted by Crippen LogP contribution is 2.38.